The number of hydrogen-bond donors (Lipinski definition) is 2. The van der Waals surface area contributed by atoms with Gasteiger partial charge >= 0.3 is 0 Å². The summed E-state index contributed by atoms with van der Waals surface area (Å²) in [5.41, 5.74) is 3.38. The van der Waals surface area contributed by atoms with Crippen molar-refractivity contribution in [1.82, 2.24) is 20.2 Å². The number of hydrogen-bond acceptors (Lipinski definition) is 3. The van der Waals surface area contributed by atoms with Crippen LogP contribution in [0.15, 0.2) is 39.7 Å². The van der Waals surface area contributed by atoms with Crippen molar-refractivity contribution in [2.45, 2.75) is 47.2 Å². The van der Waals surface area contributed by atoms with E-state index in [1.165, 1.54) is 5.52 Å². The van der Waals surface area contributed by atoms with Crippen LogP contribution in [0, 0.1) is 20.8 Å². The van der Waals surface area contributed by atoms with Crippen molar-refractivity contribution >= 4 is 17.0 Å². The Hall–Kier alpha value is -2.76. The van der Waals surface area contributed by atoms with Crippen LogP contribution in [0.2, 0.25) is 0 Å². The summed E-state index contributed by atoms with van der Waals surface area (Å²) in [4.78, 5) is 9.30. The minimum absolute atomic E-state index is 0.615. The number of fused-ring (bicyclic) bond motifs is 1. The van der Waals surface area contributed by atoms with Crippen LogP contribution in [-0.2, 0) is 13.1 Å². The van der Waals surface area contributed by atoms with E-state index in [2.05, 4.69) is 63.3 Å². The Labute approximate surface area is 160 Å². The summed E-state index contributed by atoms with van der Waals surface area (Å²) in [5, 5.41) is 6.72. The van der Waals surface area contributed by atoms with Crippen LogP contribution in [0.4, 0.5) is 0 Å². The number of furan rings is 1. The molecule has 2 aromatic heterocycles. The third kappa shape index (κ3) is 4.70. The van der Waals surface area contributed by atoms with E-state index < -0.39 is 0 Å². The summed E-state index contributed by atoms with van der Waals surface area (Å²) in [6.45, 7) is 11.3. The number of guanidine groups is 1. The molecule has 0 saturated carbocycles. The van der Waals surface area contributed by atoms with Crippen LogP contribution in [0.25, 0.3) is 11.0 Å². The van der Waals surface area contributed by atoms with Crippen molar-refractivity contribution in [2.24, 2.45) is 4.99 Å². The molecule has 0 spiro atoms. The first-order valence-corrected chi connectivity index (χ1v) is 9.58. The molecule has 0 bridgehead atoms. The Morgan fingerprint density at radius 1 is 1.19 bits per heavy atom. The molecule has 0 aliphatic carbocycles. The van der Waals surface area contributed by atoms with E-state index in [4.69, 9.17) is 4.42 Å². The maximum Gasteiger partial charge on any atom is 0.191 e. The van der Waals surface area contributed by atoms with Crippen LogP contribution in [0.1, 0.15) is 36.3 Å². The zero-order valence-electron chi connectivity index (χ0n) is 16.7. The van der Waals surface area contributed by atoms with E-state index in [0.29, 0.717) is 6.54 Å². The van der Waals surface area contributed by atoms with Gasteiger partial charge in [0.05, 0.1) is 17.6 Å². The molecule has 0 aliphatic heterocycles. The van der Waals surface area contributed by atoms with Gasteiger partial charge in [-0.1, -0.05) is 12.1 Å². The lowest BCUT2D eigenvalue weighted by Crippen LogP contribution is -2.38. The first-order valence-electron chi connectivity index (χ1n) is 9.58. The second kappa shape index (κ2) is 8.75. The first kappa shape index (κ1) is 19.0. The molecule has 27 heavy (non-hydrogen) atoms. The van der Waals surface area contributed by atoms with Gasteiger partial charge in [-0.05, 0) is 52.3 Å². The van der Waals surface area contributed by atoms with Crippen molar-refractivity contribution in [1.29, 1.82) is 0 Å². The predicted octanol–water partition coefficient (Wildman–Crippen LogP) is 3.70. The van der Waals surface area contributed by atoms with E-state index in [1.807, 2.05) is 19.9 Å². The molecule has 2 heterocycles. The molecule has 3 rings (SSSR count). The quantitative estimate of drug-likeness (QED) is 0.380. The fraction of sp³-hybridized carbons (Fsp3) is 0.429. The molecule has 0 atom stereocenters. The number of benzene rings is 1. The molecule has 6 nitrogen and oxygen atoms in total. The van der Waals surface area contributed by atoms with Crippen LogP contribution >= 0.6 is 0 Å². The number of aryl methyl sites for hydroxylation is 4. The SMILES string of the molecule is CCNC(=NCc1cc(C)oc1C)NCCCn1c(C)nc2ccccc21. The van der Waals surface area contributed by atoms with E-state index in [9.17, 15) is 0 Å². The Morgan fingerprint density at radius 3 is 2.74 bits per heavy atom. The summed E-state index contributed by atoms with van der Waals surface area (Å²) in [6.07, 6.45) is 0.995. The molecule has 6 heteroatoms. The highest BCUT2D eigenvalue weighted by Crippen LogP contribution is 2.16. The van der Waals surface area contributed by atoms with Crippen LogP contribution in [0.5, 0.6) is 0 Å². The predicted molar refractivity (Wildman–Crippen MR) is 110 cm³/mol. The molecule has 0 saturated heterocycles. The Balaban J connectivity index is 1.55. The van der Waals surface area contributed by atoms with Crippen molar-refractivity contribution in [3.8, 4) is 0 Å². The average molecular weight is 367 g/mol. The second-order valence-corrected chi connectivity index (χ2v) is 6.71. The average Bonchev–Trinajstić information content (AvgIpc) is 3.14. The molecule has 0 unspecified atom stereocenters. The lowest BCUT2D eigenvalue weighted by atomic mass is 10.2. The second-order valence-electron chi connectivity index (χ2n) is 6.71. The van der Waals surface area contributed by atoms with Crippen molar-refractivity contribution in [3.05, 3.63) is 53.2 Å². The van der Waals surface area contributed by atoms with Crippen LogP contribution in [-0.4, -0.2) is 28.6 Å². The first-order chi connectivity index (χ1) is 13.1. The van der Waals surface area contributed by atoms with Gasteiger partial charge in [-0.25, -0.2) is 9.98 Å². The fourth-order valence-corrected chi connectivity index (χ4v) is 3.27. The topological polar surface area (TPSA) is 67.4 Å². The summed E-state index contributed by atoms with van der Waals surface area (Å²) < 4.78 is 7.85. The molecule has 0 fully saturated rings. The standard InChI is InChI=1S/C21H29N5O/c1-5-22-21(24-14-18-13-15(2)27-16(18)3)23-11-8-12-26-17(4)25-19-9-6-7-10-20(19)26/h6-7,9-10,13H,5,8,11-12,14H2,1-4H3,(H2,22,23,24). The van der Waals surface area contributed by atoms with Crippen molar-refractivity contribution < 1.29 is 4.42 Å². The smallest absolute Gasteiger partial charge is 0.191 e. The van der Waals surface area contributed by atoms with E-state index in [1.54, 1.807) is 0 Å². The van der Waals surface area contributed by atoms with Gasteiger partial charge in [0.1, 0.15) is 17.3 Å². The molecule has 0 amide bonds. The van der Waals surface area contributed by atoms with Gasteiger partial charge < -0.3 is 19.6 Å². The molecule has 2 N–H and O–H groups in total. The van der Waals surface area contributed by atoms with Gasteiger partial charge in [-0.3, -0.25) is 0 Å². The van der Waals surface area contributed by atoms with E-state index in [-0.39, 0.29) is 0 Å². The fourth-order valence-electron chi connectivity index (χ4n) is 3.27. The van der Waals surface area contributed by atoms with Crippen LogP contribution in [0.3, 0.4) is 0 Å². The van der Waals surface area contributed by atoms with E-state index in [0.717, 1.165) is 60.4 Å². The van der Waals surface area contributed by atoms with Crippen molar-refractivity contribution in [3.63, 3.8) is 0 Å². The van der Waals surface area contributed by atoms with Gasteiger partial charge in [-0.15, -0.1) is 0 Å². The maximum absolute atomic E-state index is 5.57. The number of aromatic nitrogens is 2. The number of para-hydroxylation sites is 2. The highest BCUT2D eigenvalue weighted by Gasteiger charge is 2.07. The summed E-state index contributed by atoms with van der Waals surface area (Å²) in [7, 11) is 0. The Morgan fingerprint density at radius 2 is 2.00 bits per heavy atom. The summed E-state index contributed by atoms with van der Waals surface area (Å²) in [6, 6.07) is 10.3. The van der Waals surface area contributed by atoms with Crippen LogP contribution < -0.4 is 10.6 Å². The minimum atomic E-state index is 0.615. The van der Waals surface area contributed by atoms with Crippen molar-refractivity contribution in [2.75, 3.05) is 13.1 Å². The summed E-state index contributed by atoms with van der Waals surface area (Å²) in [5.74, 6) is 3.76. The zero-order valence-corrected chi connectivity index (χ0v) is 16.7. The third-order valence-corrected chi connectivity index (χ3v) is 4.59. The monoisotopic (exact) mass is 367 g/mol. The molecule has 0 radical (unpaired) electrons. The largest absolute Gasteiger partial charge is 0.466 e. The molecule has 1 aromatic carbocycles. The Kier molecular flexibility index (Phi) is 6.16. The number of rotatable bonds is 7. The number of nitrogens with zero attached hydrogens (tertiary/aromatic N) is 3. The van der Waals surface area contributed by atoms with Gasteiger partial charge in [0.25, 0.3) is 0 Å². The molecule has 3 aromatic rings. The van der Waals surface area contributed by atoms with Gasteiger partial charge in [0, 0.05) is 25.2 Å². The highest BCUT2D eigenvalue weighted by atomic mass is 16.3. The van der Waals surface area contributed by atoms with Gasteiger partial charge in [0.2, 0.25) is 0 Å². The highest BCUT2D eigenvalue weighted by molar-refractivity contribution is 5.79. The lowest BCUT2D eigenvalue weighted by molar-refractivity contribution is 0.501. The normalized spacial score (nSPS) is 11.9. The van der Waals surface area contributed by atoms with Gasteiger partial charge in [-0.2, -0.15) is 0 Å². The lowest BCUT2D eigenvalue weighted by Gasteiger charge is -2.12. The number of aliphatic imine (C=N–C) groups is 1. The zero-order chi connectivity index (χ0) is 19.2. The van der Waals surface area contributed by atoms with E-state index >= 15 is 0 Å². The Bertz CT molecular complexity index is 922. The summed E-state index contributed by atoms with van der Waals surface area (Å²) >= 11 is 0. The maximum atomic E-state index is 5.57. The molecule has 144 valence electrons. The third-order valence-electron chi connectivity index (χ3n) is 4.59. The molecule has 0 aliphatic rings. The molecular weight excluding hydrogens is 338 g/mol. The van der Waals surface area contributed by atoms with Gasteiger partial charge in [0.15, 0.2) is 5.96 Å². The minimum Gasteiger partial charge on any atom is -0.466 e. The molecular formula is C21H29N5O. The number of imidazole rings is 1. The number of nitrogens with one attached hydrogen (secondary N) is 2.